The number of fused-ring (bicyclic) bond motifs is 1. The molecule has 0 saturated carbocycles. The van der Waals surface area contributed by atoms with Crippen LogP contribution in [0.2, 0.25) is 0 Å². The highest BCUT2D eigenvalue weighted by atomic mass is 19.4. The summed E-state index contributed by atoms with van der Waals surface area (Å²) in [5.74, 6) is -0.116. The largest absolute Gasteiger partial charge is 0.419 e. The number of β-amino-alcohol motifs (C(OH)–C–C–N with tert-alkyl or cyclic N) is 1. The van der Waals surface area contributed by atoms with Crippen LogP contribution in [0, 0.1) is 6.92 Å². The van der Waals surface area contributed by atoms with Crippen LogP contribution >= 0.6 is 0 Å². The van der Waals surface area contributed by atoms with Gasteiger partial charge in [0.2, 0.25) is 5.91 Å². The highest BCUT2D eigenvalue weighted by molar-refractivity contribution is 5.81. The number of rotatable bonds is 3. The molecule has 0 bridgehead atoms. The van der Waals surface area contributed by atoms with Crippen molar-refractivity contribution in [2.75, 3.05) is 13.1 Å². The van der Waals surface area contributed by atoms with E-state index >= 15 is 0 Å². The van der Waals surface area contributed by atoms with Crippen LogP contribution in [0.15, 0.2) is 29.1 Å². The molecule has 10 heteroatoms. The molecule has 0 spiro atoms. The first kappa shape index (κ1) is 20.6. The second-order valence-corrected chi connectivity index (χ2v) is 8.16. The van der Waals surface area contributed by atoms with Crippen molar-refractivity contribution >= 4 is 5.91 Å². The van der Waals surface area contributed by atoms with Crippen molar-refractivity contribution in [3.8, 4) is 0 Å². The number of aryl methyl sites for hydroxylation is 2. The van der Waals surface area contributed by atoms with Crippen LogP contribution in [0.3, 0.4) is 0 Å². The molecule has 7 nitrogen and oxygen atoms in total. The predicted octanol–water partition coefficient (Wildman–Crippen LogP) is 1.80. The van der Waals surface area contributed by atoms with Gasteiger partial charge in [0.05, 0.1) is 13.1 Å². The molecule has 1 amide bonds. The van der Waals surface area contributed by atoms with Gasteiger partial charge in [0.1, 0.15) is 11.9 Å². The molecule has 1 fully saturated rings. The number of hydrogen-bond donors (Lipinski definition) is 1. The van der Waals surface area contributed by atoms with E-state index in [-0.39, 0.29) is 13.1 Å². The molecule has 0 aliphatic carbocycles. The van der Waals surface area contributed by atoms with Gasteiger partial charge in [0.15, 0.2) is 5.60 Å². The molecule has 2 atom stereocenters. The van der Waals surface area contributed by atoms with Crippen molar-refractivity contribution in [2.45, 2.75) is 57.0 Å². The van der Waals surface area contributed by atoms with E-state index in [1.54, 1.807) is 0 Å². The van der Waals surface area contributed by atoms with Gasteiger partial charge in [-0.05, 0) is 25.3 Å². The fraction of sp³-hybridized carbons (Fsp3) is 0.550. The van der Waals surface area contributed by atoms with Crippen molar-refractivity contribution < 1.29 is 23.1 Å². The number of likely N-dealkylation sites (tertiary alicyclic amines) is 1. The van der Waals surface area contributed by atoms with Gasteiger partial charge < -0.3 is 10.0 Å². The smallest absolute Gasteiger partial charge is 0.379 e. The highest BCUT2D eigenvalue weighted by Crippen LogP contribution is 2.38. The van der Waals surface area contributed by atoms with Crippen molar-refractivity contribution in [1.82, 2.24) is 19.2 Å². The molecule has 3 heterocycles. The summed E-state index contributed by atoms with van der Waals surface area (Å²) in [4.78, 5) is 27.0. The molecule has 2 unspecified atom stereocenters. The van der Waals surface area contributed by atoms with Crippen molar-refractivity contribution in [2.24, 2.45) is 0 Å². The molecule has 2 aromatic rings. The van der Waals surface area contributed by atoms with E-state index in [1.807, 2.05) is 31.2 Å². The van der Waals surface area contributed by atoms with Gasteiger partial charge in [0.25, 0.3) is 0 Å². The number of hydrogen-bond acceptors (Lipinski definition) is 4. The van der Waals surface area contributed by atoms with Crippen LogP contribution < -0.4 is 5.69 Å². The van der Waals surface area contributed by atoms with Crippen LogP contribution in [-0.2, 0) is 17.8 Å². The minimum atomic E-state index is -4.81. The summed E-state index contributed by atoms with van der Waals surface area (Å²) in [5.41, 5.74) is -1.38. The molecule has 2 aliphatic heterocycles. The SMILES string of the molecule is Cc1ccc(Cn2nc3n(c2=O)C(C(=O)N2CCC(O)(C(F)(F)F)C2)CCC3)cc1. The topological polar surface area (TPSA) is 80.4 Å². The normalized spacial score (nSPS) is 24.2. The number of alkyl halides is 3. The Morgan fingerprint density at radius 1 is 1.30 bits per heavy atom. The Morgan fingerprint density at radius 2 is 2.00 bits per heavy atom. The maximum Gasteiger partial charge on any atom is 0.419 e. The minimum absolute atomic E-state index is 0.201. The molecule has 1 aromatic carbocycles. The first-order valence-electron chi connectivity index (χ1n) is 9.91. The zero-order chi connectivity index (χ0) is 21.7. The Labute approximate surface area is 170 Å². The number of carbonyl (C=O) groups excluding carboxylic acids is 1. The first-order valence-corrected chi connectivity index (χ1v) is 9.91. The third-order valence-corrected chi connectivity index (χ3v) is 5.96. The van der Waals surface area contributed by atoms with Crippen LogP contribution in [0.4, 0.5) is 13.2 Å². The summed E-state index contributed by atoms with van der Waals surface area (Å²) in [6, 6.07) is 6.75. The zero-order valence-electron chi connectivity index (χ0n) is 16.5. The Kier molecular flexibility index (Phi) is 5.00. The first-order chi connectivity index (χ1) is 14.1. The number of carbonyl (C=O) groups is 1. The Bertz CT molecular complexity index is 1010. The second-order valence-electron chi connectivity index (χ2n) is 8.16. The number of aromatic nitrogens is 3. The molecule has 1 N–H and O–H groups in total. The zero-order valence-corrected chi connectivity index (χ0v) is 16.5. The molecule has 162 valence electrons. The summed E-state index contributed by atoms with van der Waals surface area (Å²) in [6.45, 7) is 1.19. The van der Waals surface area contributed by atoms with Gasteiger partial charge in [-0.3, -0.25) is 9.36 Å². The Morgan fingerprint density at radius 3 is 2.63 bits per heavy atom. The van der Waals surface area contributed by atoms with Crippen LogP contribution in [-0.4, -0.2) is 55.1 Å². The summed E-state index contributed by atoms with van der Waals surface area (Å²) < 4.78 is 41.9. The van der Waals surface area contributed by atoms with E-state index in [1.165, 1.54) is 9.25 Å². The predicted molar refractivity (Wildman–Crippen MR) is 101 cm³/mol. The lowest BCUT2D eigenvalue weighted by Gasteiger charge is -2.29. The van der Waals surface area contributed by atoms with E-state index in [0.717, 1.165) is 16.0 Å². The highest BCUT2D eigenvalue weighted by Gasteiger charge is 2.58. The van der Waals surface area contributed by atoms with Gasteiger partial charge in [-0.2, -0.15) is 18.3 Å². The van der Waals surface area contributed by atoms with Gasteiger partial charge in [-0.1, -0.05) is 29.8 Å². The Hall–Kier alpha value is -2.62. The Balaban J connectivity index is 1.58. The third-order valence-electron chi connectivity index (χ3n) is 5.96. The number of amides is 1. The maximum atomic E-state index is 13.1. The standard InChI is InChI=1S/C20H23F3N4O3/c1-13-5-7-14(8-6-13)11-26-18(29)27-15(3-2-4-16(27)24-26)17(28)25-10-9-19(30,12-25)20(21,22)23/h5-8,15,30H,2-4,9-12H2,1H3. The fourth-order valence-electron chi connectivity index (χ4n) is 4.16. The number of benzene rings is 1. The monoisotopic (exact) mass is 424 g/mol. The molecule has 0 radical (unpaired) electrons. The van der Waals surface area contributed by atoms with E-state index < -0.39 is 42.4 Å². The average molecular weight is 424 g/mol. The van der Waals surface area contributed by atoms with Crippen molar-refractivity contribution in [3.63, 3.8) is 0 Å². The lowest BCUT2D eigenvalue weighted by molar-refractivity contribution is -0.253. The molecule has 1 saturated heterocycles. The molecule has 2 aliphatic rings. The summed E-state index contributed by atoms with van der Waals surface area (Å²) in [7, 11) is 0. The molecular weight excluding hydrogens is 401 g/mol. The molecule has 30 heavy (non-hydrogen) atoms. The van der Waals surface area contributed by atoms with E-state index in [9.17, 15) is 27.9 Å². The quantitative estimate of drug-likeness (QED) is 0.815. The average Bonchev–Trinajstić information content (AvgIpc) is 3.25. The summed E-state index contributed by atoms with van der Waals surface area (Å²) in [6.07, 6.45) is -3.90. The van der Waals surface area contributed by atoms with Crippen molar-refractivity contribution in [1.29, 1.82) is 0 Å². The number of nitrogens with zero attached hydrogens (tertiary/aromatic N) is 4. The molecule has 1 aromatic heterocycles. The summed E-state index contributed by atoms with van der Waals surface area (Å²) in [5, 5.41) is 14.2. The van der Waals surface area contributed by atoms with E-state index in [4.69, 9.17) is 0 Å². The maximum absolute atomic E-state index is 13.1. The van der Waals surface area contributed by atoms with Gasteiger partial charge in [-0.25, -0.2) is 9.48 Å². The van der Waals surface area contributed by atoms with Crippen molar-refractivity contribution in [3.05, 3.63) is 51.7 Å². The van der Waals surface area contributed by atoms with E-state index in [2.05, 4.69) is 5.10 Å². The third kappa shape index (κ3) is 3.53. The lowest BCUT2D eigenvalue weighted by Crippen LogP contribution is -2.49. The van der Waals surface area contributed by atoms with Crippen LogP contribution in [0.1, 0.15) is 42.3 Å². The molecule has 4 rings (SSSR count). The summed E-state index contributed by atoms with van der Waals surface area (Å²) >= 11 is 0. The van der Waals surface area contributed by atoms with Crippen LogP contribution in [0.25, 0.3) is 0 Å². The lowest BCUT2D eigenvalue weighted by atomic mass is 10.0. The molecular formula is C20H23F3N4O3. The minimum Gasteiger partial charge on any atom is -0.379 e. The van der Waals surface area contributed by atoms with Gasteiger partial charge in [-0.15, -0.1) is 0 Å². The van der Waals surface area contributed by atoms with Crippen LogP contribution in [0.5, 0.6) is 0 Å². The van der Waals surface area contributed by atoms with Gasteiger partial charge in [0, 0.05) is 19.4 Å². The number of halogens is 3. The van der Waals surface area contributed by atoms with E-state index in [0.29, 0.717) is 25.1 Å². The number of aliphatic hydroxyl groups is 1. The fourth-order valence-corrected chi connectivity index (χ4v) is 4.16. The second kappa shape index (κ2) is 7.26. The van der Waals surface area contributed by atoms with Gasteiger partial charge >= 0.3 is 11.9 Å².